The molecule has 0 spiro atoms. The van der Waals surface area contributed by atoms with E-state index < -0.39 is 11.9 Å². The van der Waals surface area contributed by atoms with Gasteiger partial charge in [0.1, 0.15) is 11.9 Å². The molecule has 1 aromatic carbocycles. The summed E-state index contributed by atoms with van der Waals surface area (Å²) in [6.45, 7) is 3.68. The van der Waals surface area contributed by atoms with Crippen LogP contribution >= 0.6 is 0 Å². The van der Waals surface area contributed by atoms with E-state index in [-0.39, 0.29) is 24.3 Å². The first kappa shape index (κ1) is 15.2. The molecule has 0 aliphatic carbocycles. The molecule has 3 rings (SSSR count). The van der Waals surface area contributed by atoms with E-state index in [4.69, 9.17) is 5.73 Å². The lowest BCUT2D eigenvalue weighted by Crippen LogP contribution is -2.45. The number of amides is 2. The number of carbonyl (C=O) groups is 2. The first-order valence-corrected chi connectivity index (χ1v) is 7.57. The monoisotopic (exact) mass is 314 g/mol. The number of nitrogens with two attached hydrogens (primary N) is 1. The van der Waals surface area contributed by atoms with Crippen molar-refractivity contribution in [1.29, 1.82) is 0 Å². The van der Waals surface area contributed by atoms with Gasteiger partial charge < -0.3 is 5.73 Å². The minimum Gasteiger partial charge on any atom is -0.398 e. The lowest BCUT2D eigenvalue weighted by molar-refractivity contribution is -0.135. The number of benzene rings is 1. The maximum Gasteiger partial charge on any atom is 0.264 e. The highest BCUT2D eigenvalue weighted by molar-refractivity contribution is 5.99. The van der Waals surface area contributed by atoms with Gasteiger partial charge in [-0.3, -0.25) is 24.3 Å². The average Bonchev–Trinajstić information content (AvgIpc) is 2.48. The van der Waals surface area contributed by atoms with Crippen molar-refractivity contribution in [2.75, 3.05) is 5.73 Å². The number of rotatable bonds is 2. The number of nitrogen functional groups attached to an aromatic ring is 1. The molecule has 2 aromatic rings. The van der Waals surface area contributed by atoms with Crippen molar-refractivity contribution in [2.24, 2.45) is 0 Å². The molecule has 7 heteroatoms. The van der Waals surface area contributed by atoms with Gasteiger partial charge in [0.05, 0.1) is 10.9 Å². The largest absolute Gasteiger partial charge is 0.398 e. The van der Waals surface area contributed by atoms with Gasteiger partial charge in [-0.25, -0.2) is 4.98 Å². The zero-order chi connectivity index (χ0) is 16.7. The Morgan fingerprint density at radius 2 is 2.09 bits per heavy atom. The molecule has 0 saturated carbocycles. The molecule has 7 nitrogen and oxygen atoms in total. The van der Waals surface area contributed by atoms with Crippen LogP contribution in [0.4, 0.5) is 5.69 Å². The molecule has 1 atom stereocenters. The van der Waals surface area contributed by atoms with E-state index in [1.807, 2.05) is 13.0 Å². The molecule has 1 saturated heterocycles. The molecule has 120 valence electrons. The Hall–Kier alpha value is -2.70. The molecule has 2 amide bonds. The molecule has 23 heavy (non-hydrogen) atoms. The van der Waals surface area contributed by atoms with Crippen LogP contribution in [0.1, 0.15) is 37.2 Å². The lowest BCUT2D eigenvalue weighted by atomic mass is 10.0. The van der Waals surface area contributed by atoms with Crippen molar-refractivity contribution in [1.82, 2.24) is 14.9 Å². The predicted molar refractivity (Wildman–Crippen MR) is 86.0 cm³/mol. The van der Waals surface area contributed by atoms with Crippen LogP contribution in [0.3, 0.4) is 0 Å². The third-order valence-corrected chi connectivity index (χ3v) is 4.20. The molecule has 1 aliphatic heterocycles. The van der Waals surface area contributed by atoms with E-state index in [0.717, 1.165) is 12.0 Å². The highest BCUT2D eigenvalue weighted by atomic mass is 16.2. The van der Waals surface area contributed by atoms with Crippen molar-refractivity contribution >= 4 is 28.4 Å². The third-order valence-electron chi connectivity index (χ3n) is 4.20. The number of aromatic nitrogens is 2. The van der Waals surface area contributed by atoms with E-state index in [9.17, 15) is 14.4 Å². The highest BCUT2D eigenvalue weighted by Crippen LogP contribution is 2.23. The van der Waals surface area contributed by atoms with Gasteiger partial charge in [-0.05, 0) is 37.5 Å². The smallest absolute Gasteiger partial charge is 0.264 e. The molecule has 0 unspecified atom stereocenters. The zero-order valence-electron chi connectivity index (χ0n) is 13.0. The first-order chi connectivity index (χ1) is 10.9. The number of fused-ring (bicyclic) bond motifs is 1. The molecule has 1 aliphatic rings. The number of nitrogens with one attached hydrogen (secondary N) is 1. The standard InChI is InChI=1S/C16H18N4O3/c1-3-9-6-10(17)14-11(7-9)18-8(2)20(16(14)23)12-4-5-13(21)19-15(12)22/h6-7,12H,3-5,17H2,1-2H3,(H,19,21,22)/t12-/m0/s1. The molecule has 0 radical (unpaired) electrons. The first-order valence-electron chi connectivity index (χ1n) is 7.57. The fourth-order valence-electron chi connectivity index (χ4n) is 3.03. The minimum atomic E-state index is -0.734. The van der Waals surface area contributed by atoms with Crippen LogP contribution < -0.4 is 16.6 Å². The lowest BCUT2D eigenvalue weighted by Gasteiger charge is -2.24. The van der Waals surface area contributed by atoms with Gasteiger partial charge in [-0.15, -0.1) is 0 Å². The van der Waals surface area contributed by atoms with Gasteiger partial charge in [0.2, 0.25) is 11.8 Å². The van der Waals surface area contributed by atoms with Crippen LogP contribution in [-0.4, -0.2) is 21.4 Å². The molecule has 0 bridgehead atoms. The highest BCUT2D eigenvalue weighted by Gasteiger charge is 2.30. The van der Waals surface area contributed by atoms with Crippen molar-refractivity contribution in [3.8, 4) is 0 Å². The summed E-state index contributed by atoms with van der Waals surface area (Å²) in [4.78, 5) is 40.7. The maximum atomic E-state index is 12.9. The van der Waals surface area contributed by atoms with E-state index in [2.05, 4.69) is 10.3 Å². The van der Waals surface area contributed by atoms with Crippen molar-refractivity contribution in [2.45, 2.75) is 39.2 Å². The molecular weight excluding hydrogens is 296 g/mol. The molecule has 1 aromatic heterocycles. The molecule has 1 fully saturated rings. The van der Waals surface area contributed by atoms with Crippen LogP contribution in [0, 0.1) is 6.92 Å². The van der Waals surface area contributed by atoms with E-state index in [1.165, 1.54) is 4.57 Å². The Bertz CT molecular complexity index is 885. The summed E-state index contributed by atoms with van der Waals surface area (Å²) in [6.07, 6.45) is 1.27. The number of aryl methyl sites for hydroxylation is 2. The van der Waals surface area contributed by atoms with E-state index in [1.54, 1.807) is 13.0 Å². The normalized spacial score (nSPS) is 18.3. The summed E-state index contributed by atoms with van der Waals surface area (Å²) in [5.74, 6) is -0.362. The number of piperidine rings is 1. The third kappa shape index (κ3) is 2.48. The van der Waals surface area contributed by atoms with Gasteiger partial charge in [0.25, 0.3) is 5.56 Å². The van der Waals surface area contributed by atoms with Crippen molar-refractivity contribution in [3.05, 3.63) is 33.9 Å². The fourth-order valence-corrected chi connectivity index (χ4v) is 3.03. The van der Waals surface area contributed by atoms with E-state index in [0.29, 0.717) is 22.4 Å². The Labute approximate surface area is 132 Å². The average molecular weight is 314 g/mol. The summed E-state index contributed by atoms with van der Waals surface area (Å²) in [6, 6.07) is 2.87. The van der Waals surface area contributed by atoms with Gasteiger partial charge in [0, 0.05) is 12.1 Å². The topological polar surface area (TPSA) is 107 Å². The molecule has 3 N–H and O–H groups in total. The second-order valence-corrected chi connectivity index (χ2v) is 5.73. The van der Waals surface area contributed by atoms with Gasteiger partial charge >= 0.3 is 0 Å². The van der Waals surface area contributed by atoms with Crippen LogP contribution in [0.15, 0.2) is 16.9 Å². The Kier molecular flexibility index (Phi) is 3.63. The summed E-state index contributed by atoms with van der Waals surface area (Å²) in [5.41, 5.74) is 7.58. The Balaban J connectivity index is 2.23. The summed E-state index contributed by atoms with van der Waals surface area (Å²) in [5, 5.41) is 2.58. The SMILES string of the molecule is CCc1cc(N)c2c(=O)n([C@H]3CCC(=O)NC3=O)c(C)nc2c1. The quantitative estimate of drug-likeness (QED) is 0.630. The van der Waals surface area contributed by atoms with Crippen LogP contribution in [0.2, 0.25) is 0 Å². The zero-order valence-corrected chi connectivity index (χ0v) is 13.0. The van der Waals surface area contributed by atoms with E-state index >= 15 is 0 Å². The van der Waals surface area contributed by atoms with Crippen molar-refractivity contribution < 1.29 is 9.59 Å². The summed E-state index contributed by atoms with van der Waals surface area (Å²) in [7, 11) is 0. The van der Waals surface area contributed by atoms with Crippen LogP contribution in [0.25, 0.3) is 10.9 Å². The predicted octanol–water partition coefficient (Wildman–Crippen LogP) is 0.827. The molecule has 2 heterocycles. The maximum absolute atomic E-state index is 12.9. The van der Waals surface area contributed by atoms with Crippen molar-refractivity contribution in [3.63, 3.8) is 0 Å². The van der Waals surface area contributed by atoms with Gasteiger partial charge in [-0.1, -0.05) is 6.92 Å². The Morgan fingerprint density at radius 3 is 2.74 bits per heavy atom. The number of nitrogens with zero attached hydrogens (tertiary/aromatic N) is 2. The number of anilines is 1. The fraction of sp³-hybridized carbons (Fsp3) is 0.375. The second kappa shape index (κ2) is 5.49. The van der Waals surface area contributed by atoms with Crippen LogP contribution in [-0.2, 0) is 16.0 Å². The number of imide groups is 1. The Morgan fingerprint density at radius 1 is 1.35 bits per heavy atom. The number of carbonyl (C=O) groups excluding carboxylic acids is 2. The number of hydrogen-bond donors (Lipinski definition) is 2. The summed E-state index contributed by atoms with van der Waals surface area (Å²) >= 11 is 0. The van der Waals surface area contributed by atoms with Gasteiger partial charge in [-0.2, -0.15) is 0 Å². The second-order valence-electron chi connectivity index (χ2n) is 5.73. The number of hydrogen-bond acceptors (Lipinski definition) is 5. The van der Waals surface area contributed by atoms with Crippen LogP contribution in [0.5, 0.6) is 0 Å². The minimum absolute atomic E-state index is 0.199. The molecular formula is C16H18N4O3. The van der Waals surface area contributed by atoms with Gasteiger partial charge in [0.15, 0.2) is 0 Å². The summed E-state index contributed by atoms with van der Waals surface area (Å²) < 4.78 is 1.34.